The smallest absolute Gasteiger partial charge is 0.305 e. The first kappa shape index (κ1) is 16.0. The molecule has 1 aromatic rings. The van der Waals surface area contributed by atoms with Crippen LogP contribution in [-0.4, -0.2) is 38.3 Å². The molecule has 118 valence electrons. The Kier molecular flexibility index (Phi) is 5.04. The summed E-state index contributed by atoms with van der Waals surface area (Å²) in [6.45, 7) is 5.71. The fourth-order valence-corrected chi connectivity index (χ4v) is 3.60. The van der Waals surface area contributed by atoms with Crippen LogP contribution in [0.15, 0.2) is 6.07 Å². The first-order valence-electron chi connectivity index (χ1n) is 7.93. The molecule has 2 rings (SSSR count). The highest BCUT2D eigenvalue weighted by atomic mass is 16.4. The highest BCUT2D eigenvalue weighted by Gasteiger charge is 2.38. The predicted molar refractivity (Wildman–Crippen MR) is 82.2 cm³/mol. The number of aryl methyl sites for hydroxylation is 2. The lowest BCUT2D eigenvalue weighted by Gasteiger charge is -2.44. The number of carboxylic acid groups (broad SMARTS) is 1. The van der Waals surface area contributed by atoms with Crippen LogP contribution >= 0.6 is 0 Å². The minimum atomic E-state index is -0.691. The number of rotatable bonds is 6. The van der Waals surface area contributed by atoms with Gasteiger partial charge in [0, 0.05) is 18.6 Å². The summed E-state index contributed by atoms with van der Waals surface area (Å²) in [6.07, 6.45) is 5.68. The van der Waals surface area contributed by atoms with Gasteiger partial charge < -0.3 is 5.11 Å². The summed E-state index contributed by atoms with van der Waals surface area (Å²) < 4.78 is 2.02. The van der Waals surface area contributed by atoms with E-state index in [9.17, 15) is 9.90 Å². The van der Waals surface area contributed by atoms with Crippen molar-refractivity contribution in [3.05, 3.63) is 17.5 Å². The summed E-state index contributed by atoms with van der Waals surface area (Å²) in [5.74, 6) is -0.691. The Morgan fingerprint density at radius 2 is 2.10 bits per heavy atom. The van der Waals surface area contributed by atoms with Crippen LogP contribution in [0.5, 0.6) is 0 Å². The van der Waals surface area contributed by atoms with Crippen molar-refractivity contribution in [2.45, 2.75) is 71.0 Å². The van der Waals surface area contributed by atoms with E-state index in [1.54, 1.807) is 0 Å². The third-order valence-corrected chi connectivity index (χ3v) is 4.76. The number of hydrogen-bond donors (Lipinski definition) is 1. The van der Waals surface area contributed by atoms with E-state index >= 15 is 0 Å². The van der Waals surface area contributed by atoms with Gasteiger partial charge in [0.1, 0.15) is 0 Å². The maximum absolute atomic E-state index is 11.3. The van der Waals surface area contributed by atoms with Gasteiger partial charge in [-0.25, -0.2) is 0 Å². The third-order valence-electron chi connectivity index (χ3n) is 4.76. The van der Waals surface area contributed by atoms with Gasteiger partial charge in [0.25, 0.3) is 0 Å². The first-order valence-corrected chi connectivity index (χ1v) is 7.93. The Hall–Kier alpha value is -1.36. The van der Waals surface area contributed by atoms with Crippen LogP contribution in [0.3, 0.4) is 0 Å². The highest BCUT2D eigenvalue weighted by molar-refractivity contribution is 5.68. The second-order valence-corrected chi connectivity index (χ2v) is 6.30. The zero-order valence-electron chi connectivity index (χ0n) is 13.4. The summed E-state index contributed by atoms with van der Waals surface area (Å²) in [5, 5.41) is 13.8. The number of aliphatic carboxylic acids is 1. The topological polar surface area (TPSA) is 58.4 Å². The zero-order valence-corrected chi connectivity index (χ0v) is 13.4. The fourth-order valence-electron chi connectivity index (χ4n) is 3.60. The van der Waals surface area contributed by atoms with Crippen LogP contribution in [0, 0.1) is 6.92 Å². The Balaban J connectivity index is 2.17. The molecular formula is C16H27N3O2. The molecule has 0 radical (unpaired) electrons. The van der Waals surface area contributed by atoms with Crippen LogP contribution in [0.4, 0.5) is 0 Å². The zero-order chi connectivity index (χ0) is 15.5. The molecule has 0 atom stereocenters. The van der Waals surface area contributed by atoms with Gasteiger partial charge in [-0.2, -0.15) is 5.10 Å². The molecule has 0 aromatic carbocycles. The molecule has 1 N–H and O–H groups in total. The van der Waals surface area contributed by atoms with Crippen LogP contribution in [0.2, 0.25) is 0 Å². The minimum Gasteiger partial charge on any atom is -0.481 e. The van der Waals surface area contributed by atoms with E-state index in [1.807, 2.05) is 11.6 Å². The number of carbonyl (C=O) groups is 1. The molecule has 5 heteroatoms. The second kappa shape index (κ2) is 6.60. The molecule has 1 heterocycles. The summed E-state index contributed by atoms with van der Waals surface area (Å²) in [6, 6.07) is 2.11. The van der Waals surface area contributed by atoms with Gasteiger partial charge in [-0.05, 0) is 39.8 Å². The van der Waals surface area contributed by atoms with Gasteiger partial charge in [-0.3, -0.25) is 14.4 Å². The lowest BCUT2D eigenvalue weighted by molar-refractivity contribution is -0.141. The summed E-state index contributed by atoms with van der Waals surface area (Å²) in [4.78, 5) is 13.6. The van der Waals surface area contributed by atoms with E-state index in [2.05, 4.69) is 30.0 Å². The van der Waals surface area contributed by atoms with Crippen LogP contribution in [0.1, 0.15) is 56.8 Å². The number of hydrogen-bond acceptors (Lipinski definition) is 3. The molecule has 0 spiro atoms. The molecule has 5 nitrogen and oxygen atoms in total. The molecule has 1 aliphatic rings. The monoisotopic (exact) mass is 293 g/mol. The van der Waals surface area contributed by atoms with Crippen molar-refractivity contribution in [1.82, 2.24) is 14.7 Å². The van der Waals surface area contributed by atoms with Gasteiger partial charge >= 0.3 is 5.97 Å². The number of carboxylic acids is 1. The summed E-state index contributed by atoms with van der Waals surface area (Å²) >= 11 is 0. The van der Waals surface area contributed by atoms with Crippen LogP contribution in [0.25, 0.3) is 0 Å². The average Bonchev–Trinajstić information content (AvgIpc) is 2.79. The van der Waals surface area contributed by atoms with Crippen molar-refractivity contribution < 1.29 is 9.90 Å². The van der Waals surface area contributed by atoms with Crippen molar-refractivity contribution >= 4 is 5.97 Å². The Morgan fingerprint density at radius 3 is 2.67 bits per heavy atom. The lowest BCUT2D eigenvalue weighted by atomic mass is 9.78. The van der Waals surface area contributed by atoms with Crippen LogP contribution < -0.4 is 0 Å². The molecular weight excluding hydrogens is 266 g/mol. The molecule has 0 saturated heterocycles. The number of nitrogens with zero attached hydrogens (tertiary/aromatic N) is 3. The van der Waals surface area contributed by atoms with Crippen molar-refractivity contribution in [2.24, 2.45) is 0 Å². The Bertz CT molecular complexity index is 490. The molecule has 1 aromatic heterocycles. The van der Waals surface area contributed by atoms with E-state index in [1.165, 1.54) is 12.1 Å². The second-order valence-electron chi connectivity index (χ2n) is 6.30. The van der Waals surface area contributed by atoms with E-state index in [4.69, 9.17) is 0 Å². The van der Waals surface area contributed by atoms with Crippen LogP contribution in [-0.2, 0) is 17.9 Å². The quantitative estimate of drug-likeness (QED) is 0.876. The van der Waals surface area contributed by atoms with Crippen molar-refractivity contribution in [3.63, 3.8) is 0 Å². The molecule has 0 unspecified atom stereocenters. The largest absolute Gasteiger partial charge is 0.481 e. The molecule has 1 fully saturated rings. The summed E-state index contributed by atoms with van der Waals surface area (Å²) in [7, 11) is 2.07. The first-order chi connectivity index (χ1) is 9.97. The van der Waals surface area contributed by atoms with Gasteiger partial charge in [0.15, 0.2) is 0 Å². The molecule has 1 aliphatic carbocycles. The highest BCUT2D eigenvalue weighted by Crippen LogP contribution is 2.36. The molecule has 0 aliphatic heterocycles. The maximum Gasteiger partial charge on any atom is 0.305 e. The van der Waals surface area contributed by atoms with Gasteiger partial charge in [0.2, 0.25) is 0 Å². The fraction of sp³-hybridized carbons (Fsp3) is 0.750. The average molecular weight is 293 g/mol. The Morgan fingerprint density at radius 1 is 1.43 bits per heavy atom. The normalized spacial score (nSPS) is 18.1. The van der Waals surface area contributed by atoms with E-state index < -0.39 is 5.97 Å². The standard InChI is InChI=1S/C16H27N3O2/c1-4-19-14(10-13(2)17-19)12-18(3)16(11-15(20)21)8-6-5-7-9-16/h10H,4-9,11-12H2,1-3H3,(H,20,21). The molecule has 0 amide bonds. The van der Waals surface area contributed by atoms with Crippen molar-refractivity contribution in [3.8, 4) is 0 Å². The Labute approximate surface area is 126 Å². The SMILES string of the molecule is CCn1nc(C)cc1CN(C)C1(CC(=O)O)CCCCC1. The minimum absolute atomic E-state index is 0.194. The van der Waals surface area contributed by atoms with E-state index in [0.717, 1.165) is 44.5 Å². The van der Waals surface area contributed by atoms with E-state index in [0.29, 0.717) is 0 Å². The number of aromatic nitrogens is 2. The molecule has 0 bridgehead atoms. The van der Waals surface area contributed by atoms with E-state index in [-0.39, 0.29) is 12.0 Å². The maximum atomic E-state index is 11.3. The van der Waals surface area contributed by atoms with Crippen molar-refractivity contribution in [1.29, 1.82) is 0 Å². The lowest BCUT2D eigenvalue weighted by Crippen LogP contribution is -2.49. The predicted octanol–water partition coefficient (Wildman–Crippen LogP) is 2.82. The molecule has 21 heavy (non-hydrogen) atoms. The summed E-state index contributed by atoms with van der Waals surface area (Å²) in [5.41, 5.74) is 2.00. The van der Waals surface area contributed by atoms with Gasteiger partial charge in [0.05, 0.1) is 17.8 Å². The third kappa shape index (κ3) is 3.64. The van der Waals surface area contributed by atoms with Gasteiger partial charge in [-0.15, -0.1) is 0 Å². The van der Waals surface area contributed by atoms with Gasteiger partial charge in [-0.1, -0.05) is 19.3 Å². The molecule has 1 saturated carbocycles. The van der Waals surface area contributed by atoms with Crippen molar-refractivity contribution in [2.75, 3.05) is 7.05 Å².